The van der Waals surface area contributed by atoms with Gasteiger partial charge in [0.25, 0.3) is 0 Å². The molecule has 0 atom stereocenters. The van der Waals surface area contributed by atoms with Crippen LogP contribution in [0.2, 0.25) is 0 Å². The van der Waals surface area contributed by atoms with Gasteiger partial charge in [-0.15, -0.1) is 0 Å². The van der Waals surface area contributed by atoms with Crippen molar-refractivity contribution >= 4 is 17.1 Å². The molecule has 0 aliphatic heterocycles. The third-order valence-electron chi connectivity index (χ3n) is 2.80. The van der Waals surface area contributed by atoms with Crippen LogP contribution in [0.1, 0.15) is 32.9 Å². The van der Waals surface area contributed by atoms with Gasteiger partial charge in [0.2, 0.25) is 0 Å². The molecule has 21 heavy (non-hydrogen) atoms. The largest absolute Gasteiger partial charge is 0.444 e. The lowest BCUT2D eigenvalue weighted by Gasteiger charge is -2.19. The van der Waals surface area contributed by atoms with Gasteiger partial charge in [0.1, 0.15) is 5.60 Å². The standard InChI is InChI=1S/C16H21N3O2/c1-16(2,3)21-15(20)18-11-5-7-13-9-8-12-6-4-10-17-14(12)19-13/h4,6,8-10H,5,7,11H2,1-3H3,(H,18,20). The lowest BCUT2D eigenvalue weighted by atomic mass is 10.2. The van der Waals surface area contributed by atoms with Gasteiger partial charge in [0, 0.05) is 23.8 Å². The van der Waals surface area contributed by atoms with Gasteiger partial charge in [-0.25, -0.2) is 14.8 Å². The third-order valence-corrected chi connectivity index (χ3v) is 2.80. The molecule has 5 heteroatoms. The predicted molar refractivity (Wildman–Crippen MR) is 82.1 cm³/mol. The van der Waals surface area contributed by atoms with Crippen LogP contribution in [0.3, 0.4) is 0 Å². The fourth-order valence-corrected chi connectivity index (χ4v) is 1.91. The first kappa shape index (κ1) is 15.2. The molecule has 0 aliphatic carbocycles. The Bertz CT molecular complexity index is 620. The van der Waals surface area contributed by atoms with Crippen LogP contribution in [0.4, 0.5) is 4.79 Å². The smallest absolute Gasteiger partial charge is 0.407 e. The number of aryl methyl sites for hydroxylation is 1. The Morgan fingerprint density at radius 1 is 1.29 bits per heavy atom. The van der Waals surface area contributed by atoms with Crippen LogP contribution in [0.5, 0.6) is 0 Å². The maximum atomic E-state index is 11.5. The van der Waals surface area contributed by atoms with Crippen molar-refractivity contribution in [3.63, 3.8) is 0 Å². The van der Waals surface area contributed by atoms with Crippen molar-refractivity contribution in [2.45, 2.75) is 39.2 Å². The molecule has 1 amide bonds. The number of carbonyl (C=O) groups excluding carboxylic acids is 1. The van der Waals surface area contributed by atoms with Crippen LogP contribution < -0.4 is 5.32 Å². The Hall–Kier alpha value is -2.17. The molecule has 5 nitrogen and oxygen atoms in total. The number of carbonyl (C=O) groups is 1. The van der Waals surface area contributed by atoms with E-state index in [1.807, 2.05) is 45.0 Å². The molecule has 2 rings (SSSR count). The van der Waals surface area contributed by atoms with Crippen molar-refractivity contribution in [2.75, 3.05) is 6.54 Å². The first-order valence-corrected chi connectivity index (χ1v) is 7.11. The lowest BCUT2D eigenvalue weighted by Crippen LogP contribution is -2.33. The molecule has 0 spiro atoms. The van der Waals surface area contributed by atoms with Gasteiger partial charge in [-0.05, 0) is 57.9 Å². The highest BCUT2D eigenvalue weighted by Crippen LogP contribution is 2.10. The zero-order chi connectivity index (χ0) is 15.3. The summed E-state index contributed by atoms with van der Waals surface area (Å²) in [5.41, 5.74) is 1.28. The molecule has 0 unspecified atom stereocenters. The summed E-state index contributed by atoms with van der Waals surface area (Å²) in [7, 11) is 0. The zero-order valence-electron chi connectivity index (χ0n) is 12.7. The number of pyridine rings is 2. The molecule has 2 aromatic heterocycles. The highest BCUT2D eigenvalue weighted by atomic mass is 16.6. The molecule has 2 aromatic rings. The van der Waals surface area contributed by atoms with Crippen molar-refractivity contribution < 1.29 is 9.53 Å². The van der Waals surface area contributed by atoms with Gasteiger partial charge in [-0.3, -0.25) is 0 Å². The fraction of sp³-hybridized carbons (Fsp3) is 0.438. The topological polar surface area (TPSA) is 64.1 Å². The fourth-order valence-electron chi connectivity index (χ4n) is 1.91. The van der Waals surface area contributed by atoms with Gasteiger partial charge in [-0.1, -0.05) is 0 Å². The van der Waals surface area contributed by atoms with Gasteiger partial charge in [0.15, 0.2) is 5.65 Å². The second-order valence-corrected chi connectivity index (χ2v) is 5.88. The summed E-state index contributed by atoms with van der Waals surface area (Å²) >= 11 is 0. The van der Waals surface area contributed by atoms with Crippen LogP contribution in [-0.4, -0.2) is 28.2 Å². The van der Waals surface area contributed by atoms with E-state index in [0.29, 0.717) is 6.54 Å². The zero-order valence-corrected chi connectivity index (χ0v) is 12.7. The average molecular weight is 287 g/mol. The van der Waals surface area contributed by atoms with Gasteiger partial charge >= 0.3 is 6.09 Å². The number of fused-ring (bicyclic) bond motifs is 1. The average Bonchev–Trinajstić information content (AvgIpc) is 2.41. The Morgan fingerprint density at radius 3 is 2.86 bits per heavy atom. The molecular formula is C16H21N3O2. The molecular weight excluding hydrogens is 266 g/mol. The van der Waals surface area contributed by atoms with E-state index in [0.717, 1.165) is 29.6 Å². The number of ether oxygens (including phenoxy) is 1. The van der Waals surface area contributed by atoms with Gasteiger partial charge in [-0.2, -0.15) is 0 Å². The number of hydrogen-bond acceptors (Lipinski definition) is 4. The van der Waals surface area contributed by atoms with Crippen molar-refractivity contribution in [1.82, 2.24) is 15.3 Å². The quantitative estimate of drug-likeness (QED) is 0.878. The Labute approximate surface area is 124 Å². The molecule has 0 radical (unpaired) electrons. The number of rotatable bonds is 4. The number of alkyl carbamates (subject to hydrolysis) is 1. The number of nitrogens with one attached hydrogen (secondary N) is 1. The van der Waals surface area contributed by atoms with Crippen molar-refractivity contribution in [3.8, 4) is 0 Å². The van der Waals surface area contributed by atoms with E-state index in [9.17, 15) is 4.79 Å². The van der Waals surface area contributed by atoms with E-state index in [4.69, 9.17) is 4.74 Å². The molecule has 0 saturated heterocycles. The minimum absolute atomic E-state index is 0.379. The minimum Gasteiger partial charge on any atom is -0.444 e. The van der Waals surface area contributed by atoms with Crippen LogP contribution in [-0.2, 0) is 11.2 Å². The number of nitrogens with zero attached hydrogens (tertiary/aromatic N) is 2. The van der Waals surface area contributed by atoms with Crippen LogP contribution in [0.15, 0.2) is 30.5 Å². The minimum atomic E-state index is -0.463. The number of amides is 1. The van der Waals surface area contributed by atoms with E-state index in [-0.39, 0.29) is 6.09 Å². The van der Waals surface area contributed by atoms with Crippen LogP contribution >= 0.6 is 0 Å². The molecule has 0 aromatic carbocycles. The Balaban J connectivity index is 1.79. The van der Waals surface area contributed by atoms with Crippen LogP contribution in [0, 0.1) is 0 Å². The summed E-state index contributed by atoms with van der Waals surface area (Å²) in [6, 6.07) is 7.90. The summed E-state index contributed by atoms with van der Waals surface area (Å²) in [6.07, 6.45) is 2.96. The van der Waals surface area contributed by atoms with Crippen molar-refractivity contribution in [1.29, 1.82) is 0 Å². The summed E-state index contributed by atoms with van der Waals surface area (Å²) in [5, 5.41) is 3.78. The predicted octanol–water partition coefficient (Wildman–Crippen LogP) is 3.09. The first-order chi connectivity index (χ1) is 9.94. The molecule has 0 saturated carbocycles. The maximum absolute atomic E-state index is 11.5. The summed E-state index contributed by atoms with van der Waals surface area (Å²) in [4.78, 5) is 20.2. The number of hydrogen-bond donors (Lipinski definition) is 1. The Morgan fingerprint density at radius 2 is 2.10 bits per heavy atom. The maximum Gasteiger partial charge on any atom is 0.407 e. The van der Waals surface area contributed by atoms with E-state index in [1.54, 1.807) is 6.20 Å². The van der Waals surface area contributed by atoms with E-state index in [2.05, 4.69) is 15.3 Å². The van der Waals surface area contributed by atoms with Crippen molar-refractivity contribution in [3.05, 3.63) is 36.2 Å². The Kier molecular flexibility index (Phi) is 4.73. The highest BCUT2D eigenvalue weighted by molar-refractivity contribution is 5.74. The SMILES string of the molecule is CC(C)(C)OC(=O)NCCCc1ccc2cccnc2n1. The van der Waals surface area contributed by atoms with Gasteiger partial charge < -0.3 is 10.1 Å². The molecule has 0 bridgehead atoms. The van der Waals surface area contributed by atoms with E-state index >= 15 is 0 Å². The van der Waals surface area contributed by atoms with Crippen LogP contribution in [0.25, 0.3) is 11.0 Å². The lowest BCUT2D eigenvalue weighted by molar-refractivity contribution is 0.0527. The third kappa shape index (κ3) is 5.02. The second kappa shape index (κ2) is 6.52. The normalized spacial score (nSPS) is 11.4. The second-order valence-electron chi connectivity index (χ2n) is 5.88. The molecule has 0 aliphatic rings. The summed E-state index contributed by atoms with van der Waals surface area (Å²) in [5.74, 6) is 0. The van der Waals surface area contributed by atoms with Crippen molar-refractivity contribution in [2.24, 2.45) is 0 Å². The molecule has 1 N–H and O–H groups in total. The monoisotopic (exact) mass is 287 g/mol. The summed E-state index contributed by atoms with van der Waals surface area (Å²) in [6.45, 7) is 6.10. The molecule has 112 valence electrons. The number of aromatic nitrogens is 2. The highest BCUT2D eigenvalue weighted by Gasteiger charge is 2.15. The molecule has 0 fully saturated rings. The first-order valence-electron chi connectivity index (χ1n) is 7.11. The van der Waals surface area contributed by atoms with E-state index < -0.39 is 5.60 Å². The van der Waals surface area contributed by atoms with Gasteiger partial charge in [0.05, 0.1) is 0 Å². The summed E-state index contributed by atoms with van der Waals surface area (Å²) < 4.78 is 5.17. The van der Waals surface area contributed by atoms with E-state index in [1.165, 1.54) is 0 Å². The molecule has 2 heterocycles.